The van der Waals surface area contributed by atoms with E-state index in [-0.39, 0.29) is 18.3 Å². The van der Waals surface area contributed by atoms with E-state index in [1.54, 1.807) is 18.2 Å². The minimum atomic E-state index is -0.361. The second kappa shape index (κ2) is 6.99. The second-order valence-corrected chi connectivity index (χ2v) is 5.64. The Morgan fingerprint density at radius 1 is 1.26 bits per heavy atom. The van der Waals surface area contributed by atoms with Gasteiger partial charge in [0.2, 0.25) is 0 Å². The number of thioether (sulfide) groups is 1. The van der Waals surface area contributed by atoms with Crippen LogP contribution in [0.1, 0.15) is 11.1 Å². The quantitative estimate of drug-likeness (QED) is 0.528. The van der Waals surface area contributed by atoms with Crippen molar-refractivity contribution >= 4 is 28.8 Å². The van der Waals surface area contributed by atoms with Gasteiger partial charge in [-0.3, -0.25) is 4.79 Å². The summed E-state index contributed by atoms with van der Waals surface area (Å²) in [6, 6.07) is 16.4. The summed E-state index contributed by atoms with van der Waals surface area (Å²) in [6.07, 6.45) is 0. The summed E-state index contributed by atoms with van der Waals surface area (Å²) in [7, 11) is 0. The molecular weight excluding hydrogens is 312 g/mol. The normalized spacial score (nSPS) is 10.4. The van der Waals surface area contributed by atoms with Crippen LogP contribution in [0.5, 0.6) is 0 Å². The number of nitrogens with zero attached hydrogens (tertiary/aromatic N) is 2. The summed E-state index contributed by atoms with van der Waals surface area (Å²) in [5.41, 5.74) is 2.78. The number of oxazole rings is 1. The monoisotopic (exact) mass is 324 g/mol. The van der Waals surface area contributed by atoms with Crippen LogP contribution in [0.15, 0.2) is 58.2 Å². The molecule has 1 aromatic heterocycles. The number of nitriles is 1. The maximum Gasteiger partial charge on any atom is 0.316 e. The fraction of sp³-hybridized carbons (Fsp3) is 0.118. The molecule has 1 heterocycles. The Morgan fingerprint density at radius 3 is 2.96 bits per heavy atom. The van der Waals surface area contributed by atoms with E-state index >= 15 is 0 Å². The first-order valence-electron chi connectivity index (χ1n) is 6.87. The third kappa shape index (κ3) is 3.90. The molecule has 0 N–H and O–H groups in total. The number of carbonyl (C=O) groups is 1. The number of aromatic nitrogens is 1. The summed E-state index contributed by atoms with van der Waals surface area (Å²) in [6.45, 7) is 0.141. The fourth-order valence-electron chi connectivity index (χ4n) is 1.97. The summed E-state index contributed by atoms with van der Waals surface area (Å²) in [4.78, 5) is 16.1. The number of benzene rings is 2. The average Bonchev–Trinajstić information content (AvgIpc) is 3.01. The number of carbonyl (C=O) groups excluding carboxylic acids is 1. The Hall–Kier alpha value is -2.78. The highest BCUT2D eigenvalue weighted by atomic mass is 32.2. The van der Waals surface area contributed by atoms with E-state index < -0.39 is 0 Å². The van der Waals surface area contributed by atoms with Crippen LogP contribution < -0.4 is 0 Å². The zero-order valence-corrected chi connectivity index (χ0v) is 12.9. The molecule has 23 heavy (non-hydrogen) atoms. The molecule has 0 fully saturated rings. The van der Waals surface area contributed by atoms with Gasteiger partial charge in [0.25, 0.3) is 5.22 Å². The van der Waals surface area contributed by atoms with Crippen LogP contribution in [0.3, 0.4) is 0 Å². The zero-order chi connectivity index (χ0) is 16.1. The van der Waals surface area contributed by atoms with Gasteiger partial charge < -0.3 is 9.15 Å². The SMILES string of the molecule is N#Cc1cccc(COC(=O)CSc2nc3ccccc3o2)c1. The molecule has 0 spiro atoms. The predicted octanol–water partition coefficient (Wildman–Crippen LogP) is 3.53. The summed E-state index contributed by atoms with van der Waals surface area (Å²) < 4.78 is 10.7. The maximum atomic E-state index is 11.8. The third-order valence-corrected chi connectivity index (χ3v) is 3.85. The maximum absolute atomic E-state index is 11.8. The van der Waals surface area contributed by atoms with Gasteiger partial charge in [-0.25, -0.2) is 4.98 Å². The minimum absolute atomic E-state index is 0.116. The first-order chi connectivity index (χ1) is 11.2. The zero-order valence-electron chi connectivity index (χ0n) is 12.1. The lowest BCUT2D eigenvalue weighted by Crippen LogP contribution is -2.07. The van der Waals surface area contributed by atoms with E-state index in [1.807, 2.05) is 36.4 Å². The van der Waals surface area contributed by atoms with Gasteiger partial charge >= 0.3 is 5.97 Å². The van der Waals surface area contributed by atoms with Gasteiger partial charge in [0.05, 0.1) is 11.6 Å². The number of fused-ring (bicyclic) bond motifs is 1. The molecule has 2 aromatic carbocycles. The van der Waals surface area contributed by atoms with Crippen LogP contribution in [-0.4, -0.2) is 16.7 Å². The van der Waals surface area contributed by atoms with Crippen molar-refractivity contribution in [2.45, 2.75) is 11.8 Å². The number of esters is 1. The van der Waals surface area contributed by atoms with Gasteiger partial charge in [-0.2, -0.15) is 5.26 Å². The molecule has 0 amide bonds. The van der Waals surface area contributed by atoms with E-state index in [2.05, 4.69) is 4.98 Å². The van der Waals surface area contributed by atoms with Crippen molar-refractivity contribution in [1.82, 2.24) is 4.98 Å². The number of para-hydroxylation sites is 2. The van der Waals surface area contributed by atoms with E-state index in [9.17, 15) is 4.79 Å². The fourth-order valence-corrected chi connectivity index (χ4v) is 2.61. The molecule has 6 heteroatoms. The Bertz CT molecular complexity index is 850. The predicted molar refractivity (Wildman–Crippen MR) is 85.7 cm³/mol. The molecule has 0 bridgehead atoms. The Kier molecular flexibility index (Phi) is 4.60. The molecule has 5 nitrogen and oxygen atoms in total. The van der Waals surface area contributed by atoms with E-state index in [0.29, 0.717) is 16.4 Å². The van der Waals surface area contributed by atoms with E-state index in [4.69, 9.17) is 14.4 Å². The van der Waals surface area contributed by atoms with Crippen LogP contribution in [-0.2, 0) is 16.1 Å². The molecule has 114 valence electrons. The Morgan fingerprint density at radius 2 is 2.13 bits per heavy atom. The Balaban J connectivity index is 1.52. The number of rotatable bonds is 5. The molecule has 0 aliphatic carbocycles. The van der Waals surface area contributed by atoms with E-state index in [1.165, 1.54) is 11.8 Å². The Labute approximate surface area is 136 Å². The largest absolute Gasteiger partial charge is 0.460 e. The van der Waals surface area contributed by atoms with Crippen LogP contribution in [0, 0.1) is 11.3 Å². The smallest absolute Gasteiger partial charge is 0.316 e. The van der Waals surface area contributed by atoms with Crippen molar-refractivity contribution in [3.63, 3.8) is 0 Å². The third-order valence-electron chi connectivity index (χ3n) is 3.04. The molecule has 0 atom stereocenters. The molecule has 0 saturated heterocycles. The topological polar surface area (TPSA) is 76.1 Å². The summed E-state index contributed by atoms with van der Waals surface area (Å²) in [5, 5.41) is 9.27. The van der Waals surface area contributed by atoms with Gasteiger partial charge in [0.1, 0.15) is 17.9 Å². The van der Waals surface area contributed by atoms with Crippen molar-refractivity contribution in [3.8, 4) is 6.07 Å². The van der Waals surface area contributed by atoms with Crippen LogP contribution >= 0.6 is 11.8 Å². The minimum Gasteiger partial charge on any atom is -0.460 e. The average molecular weight is 324 g/mol. The number of hydrogen-bond acceptors (Lipinski definition) is 6. The molecule has 0 saturated carbocycles. The standard InChI is InChI=1S/C17H12N2O3S/c18-9-12-4-3-5-13(8-12)10-21-16(20)11-23-17-19-14-6-1-2-7-15(14)22-17/h1-8H,10-11H2. The van der Waals surface area contributed by atoms with E-state index in [0.717, 1.165) is 11.1 Å². The first-order valence-corrected chi connectivity index (χ1v) is 7.86. The lowest BCUT2D eigenvalue weighted by molar-refractivity contribution is -0.141. The van der Waals surface area contributed by atoms with Crippen molar-refractivity contribution in [2.24, 2.45) is 0 Å². The van der Waals surface area contributed by atoms with Gasteiger partial charge in [-0.05, 0) is 29.8 Å². The van der Waals surface area contributed by atoms with Gasteiger partial charge in [-0.15, -0.1) is 0 Å². The van der Waals surface area contributed by atoms with Gasteiger partial charge in [-0.1, -0.05) is 36.0 Å². The molecular formula is C17H12N2O3S. The molecule has 0 radical (unpaired) electrons. The van der Waals surface area contributed by atoms with Crippen molar-refractivity contribution < 1.29 is 13.9 Å². The van der Waals surface area contributed by atoms with Crippen molar-refractivity contribution in [1.29, 1.82) is 5.26 Å². The lowest BCUT2D eigenvalue weighted by Gasteiger charge is -2.04. The van der Waals surface area contributed by atoms with Crippen molar-refractivity contribution in [3.05, 3.63) is 59.7 Å². The highest BCUT2D eigenvalue weighted by Gasteiger charge is 2.10. The number of hydrogen-bond donors (Lipinski definition) is 0. The van der Waals surface area contributed by atoms with Gasteiger partial charge in [0, 0.05) is 0 Å². The van der Waals surface area contributed by atoms with Crippen molar-refractivity contribution in [2.75, 3.05) is 5.75 Å². The highest BCUT2D eigenvalue weighted by Crippen LogP contribution is 2.23. The van der Waals surface area contributed by atoms with Gasteiger partial charge in [0.15, 0.2) is 5.58 Å². The molecule has 3 rings (SSSR count). The summed E-state index contributed by atoms with van der Waals surface area (Å²) in [5.74, 6) is -0.246. The van der Waals surface area contributed by atoms with Crippen LogP contribution in [0.2, 0.25) is 0 Å². The molecule has 3 aromatic rings. The van der Waals surface area contributed by atoms with Crippen LogP contribution in [0.25, 0.3) is 11.1 Å². The molecule has 0 aliphatic rings. The second-order valence-electron chi connectivity index (χ2n) is 4.71. The molecule has 0 unspecified atom stereocenters. The molecule has 0 aliphatic heterocycles. The van der Waals surface area contributed by atoms with Crippen LogP contribution in [0.4, 0.5) is 0 Å². The highest BCUT2D eigenvalue weighted by molar-refractivity contribution is 7.99. The lowest BCUT2D eigenvalue weighted by atomic mass is 10.1. The summed E-state index contributed by atoms with van der Waals surface area (Å²) >= 11 is 1.19. The first kappa shape index (κ1) is 15.1. The number of ether oxygens (including phenoxy) is 1.